The van der Waals surface area contributed by atoms with E-state index in [2.05, 4.69) is 33.3 Å². The Kier molecular flexibility index (Phi) is 6.01. The van der Waals surface area contributed by atoms with Gasteiger partial charge in [0.1, 0.15) is 0 Å². The molecule has 82 valence electrons. The van der Waals surface area contributed by atoms with Crippen molar-refractivity contribution in [3.8, 4) is 0 Å². The highest BCUT2D eigenvalue weighted by Crippen LogP contribution is 2.39. The van der Waals surface area contributed by atoms with Crippen molar-refractivity contribution in [1.82, 2.24) is 0 Å². The smallest absolute Gasteiger partial charge is 0.0570 e. The summed E-state index contributed by atoms with van der Waals surface area (Å²) in [7, 11) is 0.913. The van der Waals surface area contributed by atoms with Crippen LogP contribution in [0.3, 0.4) is 0 Å². The van der Waals surface area contributed by atoms with E-state index in [4.69, 9.17) is 8.92 Å². The van der Waals surface area contributed by atoms with E-state index in [1.807, 2.05) is 0 Å². The van der Waals surface area contributed by atoms with Crippen molar-refractivity contribution in [2.75, 3.05) is 32.0 Å². The van der Waals surface area contributed by atoms with Gasteiger partial charge in [0.25, 0.3) is 0 Å². The molecule has 0 saturated carbocycles. The average Bonchev–Trinajstić information content (AvgIpc) is 2.04. The van der Waals surface area contributed by atoms with Crippen LogP contribution in [0.1, 0.15) is 20.8 Å². The van der Waals surface area contributed by atoms with Crippen LogP contribution in [-0.4, -0.2) is 38.1 Å². The van der Waals surface area contributed by atoms with Crippen molar-refractivity contribution in [1.29, 1.82) is 0 Å². The summed E-state index contributed by atoms with van der Waals surface area (Å²) in [6, 6.07) is 0. The van der Waals surface area contributed by atoms with Gasteiger partial charge >= 0.3 is 0 Å². The van der Waals surface area contributed by atoms with E-state index in [0.29, 0.717) is 12.0 Å². The third kappa shape index (κ3) is 6.36. The SMILES string of the molecule is COS(C)(C)CCOC(C)C(C)C. The monoisotopic (exact) mass is 208 g/mol. The highest BCUT2D eigenvalue weighted by molar-refractivity contribution is 8.28. The van der Waals surface area contributed by atoms with Gasteiger partial charge in [-0.1, -0.05) is 13.8 Å². The highest BCUT2D eigenvalue weighted by atomic mass is 32.3. The van der Waals surface area contributed by atoms with Gasteiger partial charge in [-0.3, -0.25) is 0 Å². The van der Waals surface area contributed by atoms with E-state index in [-0.39, 0.29) is 0 Å². The molecule has 0 aliphatic rings. The summed E-state index contributed by atoms with van der Waals surface area (Å²) in [6.45, 7) is 7.30. The van der Waals surface area contributed by atoms with Crippen LogP contribution in [-0.2, 0) is 8.92 Å². The van der Waals surface area contributed by atoms with Crippen LogP contribution in [0.2, 0.25) is 0 Å². The van der Waals surface area contributed by atoms with Crippen LogP contribution in [0.5, 0.6) is 0 Å². The Bertz CT molecular complexity index is 135. The number of hydrogen-bond acceptors (Lipinski definition) is 2. The topological polar surface area (TPSA) is 18.5 Å². The second-order valence-electron chi connectivity index (χ2n) is 4.13. The molecule has 13 heavy (non-hydrogen) atoms. The molecule has 0 aromatic carbocycles. The van der Waals surface area contributed by atoms with Crippen molar-refractivity contribution >= 4 is 10.3 Å². The van der Waals surface area contributed by atoms with Crippen LogP contribution in [0, 0.1) is 5.92 Å². The van der Waals surface area contributed by atoms with E-state index in [0.717, 1.165) is 12.4 Å². The van der Waals surface area contributed by atoms with Gasteiger partial charge in [0.15, 0.2) is 0 Å². The molecule has 0 N–H and O–H groups in total. The largest absolute Gasteiger partial charge is 0.377 e. The molecule has 0 aliphatic carbocycles. The van der Waals surface area contributed by atoms with Crippen molar-refractivity contribution in [2.24, 2.45) is 5.92 Å². The molecule has 3 heteroatoms. The fraction of sp³-hybridized carbons (Fsp3) is 1.00. The van der Waals surface area contributed by atoms with Gasteiger partial charge in [0.05, 0.1) is 12.7 Å². The minimum Gasteiger partial charge on any atom is -0.377 e. The first-order valence-electron chi connectivity index (χ1n) is 4.77. The van der Waals surface area contributed by atoms with Crippen LogP contribution in [0.15, 0.2) is 0 Å². The summed E-state index contributed by atoms with van der Waals surface area (Å²) >= 11 is 0. The lowest BCUT2D eigenvalue weighted by molar-refractivity contribution is 0.0454. The third-order valence-electron chi connectivity index (χ3n) is 2.35. The van der Waals surface area contributed by atoms with E-state index in [1.54, 1.807) is 7.11 Å². The van der Waals surface area contributed by atoms with Crippen LogP contribution < -0.4 is 0 Å². The average molecular weight is 208 g/mol. The molecule has 0 spiro atoms. The second-order valence-corrected chi connectivity index (χ2v) is 7.74. The Morgan fingerprint density at radius 3 is 2.08 bits per heavy atom. The fourth-order valence-corrected chi connectivity index (χ4v) is 1.37. The fourth-order valence-electron chi connectivity index (χ4n) is 0.710. The Morgan fingerprint density at radius 2 is 1.69 bits per heavy atom. The van der Waals surface area contributed by atoms with Gasteiger partial charge < -0.3 is 8.92 Å². The second kappa shape index (κ2) is 5.89. The summed E-state index contributed by atoms with van der Waals surface area (Å²) in [5, 5.41) is 0. The quantitative estimate of drug-likeness (QED) is 0.668. The molecular weight excluding hydrogens is 184 g/mol. The molecule has 0 aromatic heterocycles. The third-order valence-corrected chi connectivity index (χ3v) is 4.40. The molecule has 0 heterocycles. The van der Waals surface area contributed by atoms with Gasteiger partial charge in [0.2, 0.25) is 0 Å². The number of hydrogen-bond donors (Lipinski definition) is 0. The van der Waals surface area contributed by atoms with Crippen LogP contribution >= 0.6 is 10.3 Å². The van der Waals surface area contributed by atoms with Crippen LogP contribution in [0.4, 0.5) is 0 Å². The zero-order valence-corrected chi connectivity index (χ0v) is 10.6. The molecule has 1 atom stereocenters. The lowest BCUT2D eigenvalue weighted by Gasteiger charge is -2.29. The molecule has 0 bridgehead atoms. The molecule has 1 unspecified atom stereocenters. The maximum absolute atomic E-state index is 5.68. The Morgan fingerprint density at radius 1 is 1.15 bits per heavy atom. The van der Waals surface area contributed by atoms with Crippen molar-refractivity contribution in [3.63, 3.8) is 0 Å². The molecule has 0 saturated heterocycles. The van der Waals surface area contributed by atoms with Crippen molar-refractivity contribution in [2.45, 2.75) is 26.9 Å². The summed E-state index contributed by atoms with van der Waals surface area (Å²) in [6.07, 6.45) is 4.68. The molecular formula is C10H24O2S. The zero-order chi connectivity index (χ0) is 10.5. The highest BCUT2D eigenvalue weighted by Gasteiger charge is 2.12. The maximum atomic E-state index is 5.68. The van der Waals surface area contributed by atoms with Gasteiger partial charge in [-0.25, -0.2) is 0 Å². The first-order valence-corrected chi connectivity index (χ1v) is 7.31. The van der Waals surface area contributed by atoms with Crippen molar-refractivity contribution < 1.29 is 8.92 Å². The summed E-state index contributed by atoms with van der Waals surface area (Å²) in [5.41, 5.74) is 0. The molecule has 0 radical (unpaired) electrons. The summed E-state index contributed by atoms with van der Waals surface area (Å²) in [5.74, 6) is 1.63. The molecule has 0 rings (SSSR count). The van der Waals surface area contributed by atoms with E-state index in [9.17, 15) is 0 Å². The van der Waals surface area contributed by atoms with Gasteiger partial charge in [-0.05, 0) is 25.4 Å². The molecule has 0 aromatic rings. The summed E-state index contributed by atoms with van der Waals surface area (Å²) in [4.78, 5) is 0. The predicted molar refractivity (Wildman–Crippen MR) is 61.6 cm³/mol. The van der Waals surface area contributed by atoms with Crippen molar-refractivity contribution in [3.05, 3.63) is 0 Å². The van der Waals surface area contributed by atoms with E-state index in [1.165, 1.54) is 0 Å². The lowest BCUT2D eigenvalue weighted by atomic mass is 10.1. The molecule has 0 aliphatic heterocycles. The van der Waals surface area contributed by atoms with Gasteiger partial charge in [0, 0.05) is 12.9 Å². The zero-order valence-electron chi connectivity index (χ0n) is 9.79. The lowest BCUT2D eigenvalue weighted by Crippen LogP contribution is -2.19. The molecule has 0 fully saturated rings. The van der Waals surface area contributed by atoms with Gasteiger partial charge in [-0.2, -0.15) is 0 Å². The number of ether oxygens (including phenoxy) is 1. The first kappa shape index (κ1) is 13.3. The Balaban J connectivity index is 3.56. The minimum absolute atomic E-state index is 0.354. The normalized spacial score (nSPS) is 16.2. The molecule has 2 nitrogen and oxygen atoms in total. The molecule has 0 amide bonds. The maximum Gasteiger partial charge on any atom is 0.0570 e. The van der Waals surface area contributed by atoms with E-state index >= 15 is 0 Å². The van der Waals surface area contributed by atoms with Gasteiger partial charge in [-0.15, -0.1) is 10.3 Å². The standard InChI is InChI=1S/C10H24O2S/c1-9(2)10(3)12-7-8-13(5,6)11-4/h9-10H,7-8H2,1-6H3. The first-order chi connectivity index (χ1) is 5.89. The minimum atomic E-state index is -0.866. The Labute approximate surface area is 84.5 Å². The Hall–Kier alpha value is 0.270. The number of rotatable bonds is 6. The predicted octanol–water partition coefficient (Wildman–Crippen LogP) is 2.67. The van der Waals surface area contributed by atoms with Crippen LogP contribution in [0.25, 0.3) is 0 Å². The summed E-state index contributed by atoms with van der Waals surface area (Å²) < 4.78 is 11.1. The van der Waals surface area contributed by atoms with E-state index < -0.39 is 10.3 Å².